The summed E-state index contributed by atoms with van der Waals surface area (Å²) in [6.07, 6.45) is 1.05. The molecule has 25 heavy (non-hydrogen) atoms. The standard InChI is InChI=1S/C19H18ClN5/c1-23(2)11-17-21-22-19-14-5-3-4-12-8-9-24(18(12)14)15-7-6-13(20)10-16(15)25(17)19/h3-7,10H,8-9,11H2,1-2H3. The summed E-state index contributed by atoms with van der Waals surface area (Å²) in [5.74, 6) is 1.81. The Morgan fingerprint density at radius 2 is 2.00 bits per heavy atom. The summed E-state index contributed by atoms with van der Waals surface area (Å²) in [5, 5.41) is 9.77. The molecule has 2 aliphatic rings. The van der Waals surface area contributed by atoms with Crippen LogP contribution in [0.1, 0.15) is 11.4 Å². The molecule has 0 spiro atoms. The molecule has 0 aliphatic carbocycles. The minimum absolute atomic E-state index is 0.716. The second kappa shape index (κ2) is 5.31. The van der Waals surface area contributed by atoms with Gasteiger partial charge in [-0.2, -0.15) is 0 Å². The summed E-state index contributed by atoms with van der Waals surface area (Å²) in [4.78, 5) is 4.50. The van der Waals surface area contributed by atoms with Crippen molar-refractivity contribution in [2.45, 2.75) is 13.0 Å². The van der Waals surface area contributed by atoms with Crippen molar-refractivity contribution in [3.8, 4) is 17.1 Å². The number of anilines is 2. The Hall–Kier alpha value is -2.37. The van der Waals surface area contributed by atoms with Gasteiger partial charge in [0, 0.05) is 17.1 Å². The number of rotatable bonds is 2. The molecule has 0 N–H and O–H groups in total. The third kappa shape index (κ3) is 2.12. The minimum Gasteiger partial charge on any atom is -0.339 e. The molecule has 2 aliphatic heterocycles. The minimum atomic E-state index is 0.716. The number of nitrogens with zero attached hydrogens (tertiary/aromatic N) is 5. The van der Waals surface area contributed by atoms with Crippen LogP contribution < -0.4 is 4.90 Å². The highest BCUT2D eigenvalue weighted by Gasteiger charge is 2.32. The first-order valence-corrected chi connectivity index (χ1v) is 8.80. The topological polar surface area (TPSA) is 37.2 Å². The molecule has 0 fully saturated rings. The first-order valence-electron chi connectivity index (χ1n) is 8.42. The van der Waals surface area contributed by atoms with Crippen molar-refractivity contribution in [2.75, 3.05) is 25.5 Å². The first-order chi connectivity index (χ1) is 12.1. The molecule has 126 valence electrons. The van der Waals surface area contributed by atoms with Crippen molar-refractivity contribution in [1.29, 1.82) is 0 Å². The SMILES string of the molecule is CN(C)Cc1nnc2n1-c1cc(Cl)ccc1N1CCc3cccc-2c31. The van der Waals surface area contributed by atoms with E-state index in [9.17, 15) is 0 Å². The average Bonchev–Trinajstić information content (AvgIpc) is 3.15. The van der Waals surface area contributed by atoms with Crippen molar-refractivity contribution >= 4 is 23.0 Å². The van der Waals surface area contributed by atoms with Gasteiger partial charge in [0.1, 0.15) is 0 Å². The summed E-state index contributed by atoms with van der Waals surface area (Å²) in [5.41, 5.74) is 5.97. The summed E-state index contributed by atoms with van der Waals surface area (Å²) < 4.78 is 2.16. The van der Waals surface area contributed by atoms with Gasteiger partial charge >= 0.3 is 0 Å². The summed E-state index contributed by atoms with van der Waals surface area (Å²) in [6.45, 7) is 1.69. The Balaban J connectivity index is 1.88. The normalized spacial score (nSPS) is 14.3. The fraction of sp³-hybridized carbons (Fsp3) is 0.263. The highest BCUT2D eigenvalue weighted by Crippen LogP contribution is 2.47. The quantitative estimate of drug-likeness (QED) is 0.706. The number of para-hydroxylation sites is 1. The summed E-state index contributed by atoms with van der Waals surface area (Å²) in [6, 6.07) is 12.6. The zero-order valence-corrected chi connectivity index (χ0v) is 15.0. The van der Waals surface area contributed by atoms with Crippen LogP contribution in [-0.4, -0.2) is 40.3 Å². The number of hydrogen-bond acceptors (Lipinski definition) is 4. The Morgan fingerprint density at radius 1 is 1.12 bits per heavy atom. The third-order valence-corrected chi connectivity index (χ3v) is 5.13. The van der Waals surface area contributed by atoms with E-state index < -0.39 is 0 Å². The van der Waals surface area contributed by atoms with Gasteiger partial charge in [-0.15, -0.1) is 10.2 Å². The monoisotopic (exact) mass is 351 g/mol. The van der Waals surface area contributed by atoms with Gasteiger partial charge in [-0.3, -0.25) is 4.57 Å². The fourth-order valence-electron chi connectivity index (χ4n) is 3.91. The van der Waals surface area contributed by atoms with Gasteiger partial charge in [0.05, 0.1) is 23.6 Å². The second-order valence-corrected chi connectivity index (χ2v) is 7.30. The third-order valence-electron chi connectivity index (χ3n) is 4.89. The molecule has 0 radical (unpaired) electrons. The second-order valence-electron chi connectivity index (χ2n) is 6.86. The number of hydrogen-bond donors (Lipinski definition) is 0. The van der Waals surface area contributed by atoms with Gasteiger partial charge < -0.3 is 9.80 Å². The Morgan fingerprint density at radius 3 is 2.84 bits per heavy atom. The highest BCUT2D eigenvalue weighted by atomic mass is 35.5. The molecular formula is C19H18ClN5. The van der Waals surface area contributed by atoms with Gasteiger partial charge in [0.25, 0.3) is 0 Å². The van der Waals surface area contributed by atoms with E-state index in [0.717, 1.165) is 46.6 Å². The molecule has 0 atom stereocenters. The molecule has 6 heteroatoms. The average molecular weight is 352 g/mol. The summed E-state index contributed by atoms with van der Waals surface area (Å²) >= 11 is 6.35. The first kappa shape index (κ1) is 14.9. The van der Waals surface area contributed by atoms with Gasteiger partial charge in [-0.1, -0.05) is 23.7 Å². The largest absolute Gasteiger partial charge is 0.339 e. The van der Waals surface area contributed by atoms with Crippen molar-refractivity contribution in [2.24, 2.45) is 0 Å². The lowest BCUT2D eigenvalue weighted by molar-refractivity contribution is 0.387. The molecule has 0 bridgehead atoms. The maximum atomic E-state index is 6.35. The molecule has 0 unspecified atom stereocenters. The molecule has 5 nitrogen and oxygen atoms in total. The van der Waals surface area contributed by atoms with Crippen LogP contribution in [0.15, 0.2) is 36.4 Å². The van der Waals surface area contributed by atoms with E-state index in [0.29, 0.717) is 6.54 Å². The van der Waals surface area contributed by atoms with Crippen LogP contribution >= 0.6 is 11.6 Å². The van der Waals surface area contributed by atoms with Crippen LogP contribution in [0.25, 0.3) is 17.1 Å². The van der Waals surface area contributed by atoms with E-state index in [1.54, 1.807) is 0 Å². The van der Waals surface area contributed by atoms with Gasteiger partial charge in [-0.25, -0.2) is 0 Å². The Kier molecular flexibility index (Phi) is 3.17. The zero-order valence-electron chi connectivity index (χ0n) is 14.2. The van der Waals surface area contributed by atoms with Crippen molar-refractivity contribution in [3.63, 3.8) is 0 Å². The van der Waals surface area contributed by atoms with Crippen LogP contribution in [-0.2, 0) is 13.0 Å². The zero-order chi connectivity index (χ0) is 17.1. The van der Waals surface area contributed by atoms with Gasteiger partial charge in [0.2, 0.25) is 0 Å². The molecule has 5 rings (SSSR count). The highest BCUT2D eigenvalue weighted by molar-refractivity contribution is 6.31. The van der Waals surface area contributed by atoms with E-state index in [4.69, 9.17) is 11.6 Å². The molecule has 2 aromatic carbocycles. The van der Waals surface area contributed by atoms with Crippen molar-refractivity contribution < 1.29 is 0 Å². The number of benzene rings is 2. The predicted octanol–water partition coefficient (Wildman–Crippen LogP) is 3.66. The Labute approximate surface area is 151 Å². The van der Waals surface area contributed by atoms with Crippen LogP contribution in [0.4, 0.5) is 11.4 Å². The van der Waals surface area contributed by atoms with E-state index in [2.05, 4.69) is 48.8 Å². The number of aromatic nitrogens is 3. The smallest absolute Gasteiger partial charge is 0.170 e. The Bertz CT molecular complexity index is 991. The van der Waals surface area contributed by atoms with Crippen LogP contribution in [0.2, 0.25) is 5.02 Å². The molecule has 0 amide bonds. The van der Waals surface area contributed by atoms with Crippen LogP contribution in [0.5, 0.6) is 0 Å². The molecule has 0 saturated carbocycles. The van der Waals surface area contributed by atoms with E-state index in [1.807, 2.05) is 26.2 Å². The maximum Gasteiger partial charge on any atom is 0.170 e. The number of fused-ring (bicyclic) bond motifs is 5. The summed E-state index contributed by atoms with van der Waals surface area (Å²) in [7, 11) is 4.08. The van der Waals surface area contributed by atoms with E-state index in [1.165, 1.54) is 11.3 Å². The van der Waals surface area contributed by atoms with E-state index >= 15 is 0 Å². The van der Waals surface area contributed by atoms with Gasteiger partial charge in [0.15, 0.2) is 11.6 Å². The maximum absolute atomic E-state index is 6.35. The van der Waals surface area contributed by atoms with Crippen LogP contribution in [0, 0.1) is 0 Å². The molecule has 0 saturated heterocycles. The molecule has 3 aromatic rings. The lowest BCUT2D eigenvalue weighted by Gasteiger charge is -2.22. The van der Waals surface area contributed by atoms with E-state index in [-0.39, 0.29) is 0 Å². The molecule has 3 heterocycles. The lowest BCUT2D eigenvalue weighted by Crippen LogP contribution is -2.17. The van der Waals surface area contributed by atoms with Crippen LogP contribution in [0.3, 0.4) is 0 Å². The van der Waals surface area contributed by atoms with Crippen molar-refractivity contribution in [1.82, 2.24) is 19.7 Å². The molecular weight excluding hydrogens is 334 g/mol. The van der Waals surface area contributed by atoms with Crippen molar-refractivity contribution in [3.05, 3.63) is 52.8 Å². The molecule has 1 aromatic heterocycles. The van der Waals surface area contributed by atoms with Gasteiger partial charge in [-0.05, 0) is 50.3 Å². The predicted molar refractivity (Wildman–Crippen MR) is 99.9 cm³/mol. The number of halogens is 1. The fourth-order valence-corrected chi connectivity index (χ4v) is 4.08. The lowest BCUT2D eigenvalue weighted by atomic mass is 10.1.